The van der Waals surface area contributed by atoms with Crippen LogP contribution in [0.4, 0.5) is 31.1 Å². The highest BCUT2D eigenvalue weighted by molar-refractivity contribution is 5.90. The molecule has 1 fully saturated rings. The van der Waals surface area contributed by atoms with Crippen molar-refractivity contribution in [2.24, 2.45) is 0 Å². The number of carbonyl (C=O) groups excluding carboxylic acids is 2. The fourth-order valence-electron chi connectivity index (χ4n) is 4.11. The number of halogens is 6. The van der Waals surface area contributed by atoms with Gasteiger partial charge in [-0.1, -0.05) is 30.3 Å². The Morgan fingerprint density at radius 1 is 0.865 bits per heavy atom. The number of amides is 1. The van der Waals surface area contributed by atoms with E-state index in [2.05, 4.69) is 0 Å². The van der Waals surface area contributed by atoms with Crippen LogP contribution in [0.5, 0.6) is 0 Å². The largest absolute Gasteiger partial charge is 0.461 e. The standard InChI is InChI=1S/C26H27F6NO4/c1-23(2,3)37-22(35)33-11-9-24(10-12-33,18-7-5-4-6-8-18)16-36-21(34)17-13-19(25(27,28)29)15-20(14-17)26(30,31)32/h4-8,13-15H,9-12,16H2,1-3H3. The summed E-state index contributed by atoms with van der Waals surface area (Å²) in [4.78, 5) is 26.7. The molecule has 2 aromatic carbocycles. The number of alkyl halides is 6. The lowest BCUT2D eigenvalue weighted by Gasteiger charge is -2.42. The smallest absolute Gasteiger partial charge is 0.416 e. The topological polar surface area (TPSA) is 55.8 Å². The zero-order chi connectivity index (χ0) is 27.6. The van der Waals surface area contributed by atoms with E-state index >= 15 is 0 Å². The first-order valence-electron chi connectivity index (χ1n) is 11.5. The lowest BCUT2D eigenvalue weighted by Crippen LogP contribution is -2.48. The Balaban J connectivity index is 1.83. The van der Waals surface area contributed by atoms with Crippen molar-refractivity contribution in [3.8, 4) is 0 Å². The van der Waals surface area contributed by atoms with Gasteiger partial charge >= 0.3 is 24.4 Å². The van der Waals surface area contributed by atoms with Gasteiger partial charge < -0.3 is 14.4 Å². The van der Waals surface area contributed by atoms with E-state index in [0.717, 1.165) is 5.56 Å². The predicted octanol–water partition coefficient (Wildman–Crippen LogP) is 6.85. The molecule has 1 heterocycles. The molecule has 0 radical (unpaired) electrons. The van der Waals surface area contributed by atoms with Crippen LogP contribution in [0, 0.1) is 0 Å². The second-order valence-corrected chi connectivity index (χ2v) is 9.98. The molecule has 1 aliphatic rings. The van der Waals surface area contributed by atoms with Crippen molar-refractivity contribution in [3.63, 3.8) is 0 Å². The summed E-state index contributed by atoms with van der Waals surface area (Å²) in [5.74, 6) is -1.30. The molecule has 202 valence electrons. The predicted molar refractivity (Wildman–Crippen MR) is 122 cm³/mol. The molecule has 1 aliphatic heterocycles. The van der Waals surface area contributed by atoms with Crippen molar-refractivity contribution in [2.45, 2.75) is 57.0 Å². The highest BCUT2D eigenvalue weighted by atomic mass is 19.4. The molecule has 0 saturated carbocycles. The first-order chi connectivity index (χ1) is 17.0. The first kappa shape index (κ1) is 28.3. The SMILES string of the molecule is CC(C)(C)OC(=O)N1CCC(COC(=O)c2cc(C(F)(F)F)cc(C(F)(F)F)c2)(c2ccccc2)CC1. The first-order valence-corrected chi connectivity index (χ1v) is 11.5. The van der Waals surface area contributed by atoms with Crippen LogP contribution in [0.25, 0.3) is 0 Å². The van der Waals surface area contributed by atoms with Gasteiger partial charge in [0.05, 0.1) is 16.7 Å². The maximum Gasteiger partial charge on any atom is 0.416 e. The summed E-state index contributed by atoms with van der Waals surface area (Å²) in [5.41, 5.74) is -4.77. The highest BCUT2D eigenvalue weighted by Crippen LogP contribution is 2.38. The van der Waals surface area contributed by atoms with Gasteiger partial charge in [-0.05, 0) is 57.4 Å². The van der Waals surface area contributed by atoms with Gasteiger partial charge in [0, 0.05) is 18.5 Å². The number of hydrogen-bond donors (Lipinski definition) is 0. The fraction of sp³-hybridized carbons (Fsp3) is 0.462. The molecule has 2 aromatic rings. The Morgan fingerprint density at radius 3 is 1.84 bits per heavy atom. The van der Waals surface area contributed by atoms with Gasteiger partial charge in [0.1, 0.15) is 12.2 Å². The average Bonchev–Trinajstić information content (AvgIpc) is 2.81. The third kappa shape index (κ3) is 7.17. The van der Waals surface area contributed by atoms with E-state index < -0.39 is 52.1 Å². The maximum absolute atomic E-state index is 13.2. The lowest BCUT2D eigenvalue weighted by molar-refractivity contribution is -0.143. The van der Waals surface area contributed by atoms with E-state index in [0.29, 0.717) is 25.0 Å². The average molecular weight is 531 g/mol. The number of ether oxygens (including phenoxy) is 2. The minimum atomic E-state index is -5.09. The molecule has 0 aliphatic carbocycles. The summed E-state index contributed by atoms with van der Waals surface area (Å²) < 4.78 is 89.9. The number of hydrogen-bond acceptors (Lipinski definition) is 4. The van der Waals surface area contributed by atoms with E-state index in [4.69, 9.17) is 9.47 Å². The van der Waals surface area contributed by atoms with E-state index in [1.54, 1.807) is 51.1 Å². The van der Waals surface area contributed by atoms with E-state index in [-0.39, 0.29) is 25.8 Å². The molecule has 0 aromatic heterocycles. The second kappa shape index (κ2) is 10.3. The molecule has 1 saturated heterocycles. The van der Waals surface area contributed by atoms with Crippen LogP contribution in [0.1, 0.15) is 60.7 Å². The van der Waals surface area contributed by atoms with Crippen LogP contribution in [-0.2, 0) is 27.2 Å². The van der Waals surface area contributed by atoms with Crippen LogP contribution in [0.15, 0.2) is 48.5 Å². The molecule has 37 heavy (non-hydrogen) atoms. The van der Waals surface area contributed by atoms with Crippen molar-refractivity contribution >= 4 is 12.1 Å². The molecule has 0 N–H and O–H groups in total. The summed E-state index contributed by atoms with van der Waals surface area (Å²) >= 11 is 0. The van der Waals surface area contributed by atoms with Gasteiger partial charge in [0.2, 0.25) is 0 Å². The van der Waals surface area contributed by atoms with Gasteiger partial charge in [-0.15, -0.1) is 0 Å². The van der Waals surface area contributed by atoms with Crippen molar-refractivity contribution in [1.82, 2.24) is 4.90 Å². The van der Waals surface area contributed by atoms with Gasteiger partial charge in [-0.3, -0.25) is 0 Å². The highest BCUT2D eigenvalue weighted by Gasteiger charge is 2.41. The van der Waals surface area contributed by atoms with Crippen molar-refractivity contribution in [1.29, 1.82) is 0 Å². The molecule has 0 unspecified atom stereocenters. The molecule has 3 rings (SSSR count). The Hall–Kier alpha value is -3.24. The number of carbonyl (C=O) groups is 2. The molecule has 0 bridgehead atoms. The summed E-state index contributed by atoms with van der Waals surface area (Å²) in [6.45, 7) is 5.42. The number of benzene rings is 2. The molecular formula is C26H27F6NO4. The fourth-order valence-corrected chi connectivity index (χ4v) is 4.11. The maximum atomic E-state index is 13.2. The Labute approximate surface area is 210 Å². The van der Waals surface area contributed by atoms with Gasteiger partial charge in [-0.25, -0.2) is 9.59 Å². The quantitative estimate of drug-likeness (QED) is 0.320. The minimum absolute atomic E-state index is 0.0470. The monoisotopic (exact) mass is 531 g/mol. The van der Waals surface area contributed by atoms with Crippen LogP contribution in [0.2, 0.25) is 0 Å². The molecule has 11 heteroatoms. The van der Waals surface area contributed by atoms with Crippen molar-refractivity contribution < 1.29 is 45.4 Å². The number of piperidine rings is 1. The van der Waals surface area contributed by atoms with E-state index in [1.807, 2.05) is 0 Å². The summed E-state index contributed by atoms with van der Waals surface area (Å²) in [5, 5.41) is 0. The Morgan fingerprint density at radius 2 is 1.38 bits per heavy atom. The number of nitrogens with zero attached hydrogens (tertiary/aromatic N) is 1. The lowest BCUT2D eigenvalue weighted by atomic mass is 9.73. The molecular weight excluding hydrogens is 504 g/mol. The molecule has 0 spiro atoms. The number of rotatable bonds is 4. The zero-order valence-corrected chi connectivity index (χ0v) is 20.5. The van der Waals surface area contributed by atoms with E-state index in [9.17, 15) is 35.9 Å². The van der Waals surface area contributed by atoms with Crippen molar-refractivity contribution in [3.05, 3.63) is 70.8 Å². The normalized spacial score (nSPS) is 16.3. The van der Waals surface area contributed by atoms with Crippen molar-refractivity contribution in [2.75, 3.05) is 19.7 Å². The third-order valence-corrected chi connectivity index (χ3v) is 6.06. The second-order valence-electron chi connectivity index (χ2n) is 9.98. The van der Waals surface area contributed by atoms with Crippen LogP contribution in [-0.4, -0.2) is 42.3 Å². The number of esters is 1. The molecule has 5 nitrogen and oxygen atoms in total. The summed E-state index contributed by atoms with van der Waals surface area (Å²) in [7, 11) is 0. The van der Waals surface area contributed by atoms with Gasteiger partial charge in [0.25, 0.3) is 0 Å². The van der Waals surface area contributed by atoms with E-state index in [1.165, 1.54) is 4.90 Å². The van der Waals surface area contributed by atoms with Gasteiger partial charge in [-0.2, -0.15) is 26.3 Å². The zero-order valence-electron chi connectivity index (χ0n) is 20.5. The molecule has 0 atom stereocenters. The van der Waals surface area contributed by atoms with Crippen LogP contribution >= 0.6 is 0 Å². The van der Waals surface area contributed by atoms with Crippen LogP contribution < -0.4 is 0 Å². The Kier molecular flexibility index (Phi) is 7.85. The Bertz CT molecular complexity index is 1080. The summed E-state index contributed by atoms with van der Waals surface area (Å²) in [6, 6.07) is 9.54. The number of likely N-dealkylation sites (tertiary alicyclic amines) is 1. The summed E-state index contributed by atoms with van der Waals surface area (Å²) in [6.07, 6.45) is -10.0. The van der Waals surface area contributed by atoms with Crippen LogP contribution in [0.3, 0.4) is 0 Å². The molecule has 1 amide bonds. The minimum Gasteiger partial charge on any atom is -0.461 e. The van der Waals surface area contributed by atoms with Gasteiger partial charge in [0.15, 0.2) is 0 Å². The third-order valence-electron chi connectivity index (χ3n) is 6.06.